The summed E-state index contributed by atoms with van der Waals surface area (Å²) in [5.74, 6) is 0.837. The van der Waals surface area contributed by atoms with Crippen molar-refractivity contribution in [2.45, 2.75) is 25.8 Å². The summed E-state index contributed by atoms with van der Waals surface area (Å²) < 4.78 is 27.9. The van der Waals surface area contributed by atoms with Crippen molar-refractivity contribution in [2.24, 2.45) is 0 Å². The molecule has 108 valence electrons. The smallest absolute Gasteiger partial charge is 0.147 e. The molecule has 1 rings (SSSR count). The van der Waals surface area contributed by atoms with Gasteiger partial charge in [-0.3, -0.25) is 4.98 Å². The van der Waals surface area contributed by atoms with E-state index in [-0.39, 0.29) is 11.8 Å². The van der Waals surface area contributed by atoms with Crippen molar-refractivity contribution in [3.8, 4) is 5.75 Å². The molecule has 0 saturated heterocycles. The minimum Gasteiger partial charge on any atom is -0.495 e. The Bertz CT molecular complexity index is 488. The number of pyridine rings is 1. The molecule has 0 fully saturated rings. The fourth-order valence-electron chi connectivity index (χ4n) is 1.87. The molecule has 1 aromatic heterocycles. The minimum absolute atomic E-state index is 0.0346. The lowest BCUT2D eigenvalue weighted by Gasteiger charge is -2.20. The van der Waals surface area contributed by atoms with Crippen LogP contribution in [0.2, 0.25) is 0 Å². The van der Waals surface area contributed by atoms with Crippen LogP contribution in [0.1, 0.15) is 31.4 Å². The second-order valence-electron chi connectivity index (χ2n) is 4.54. The summed E-state index contributed by atoms with van der Waals surface area (Å²) in [6, 6.07) is 1.83. The normalized spacial score (nSPS) is 13.2. The van der Waals surface area contributed by atoms with E-state index in [4.69, 9.17) is 4.74 Å². The highest BCUT2D eigenvalue weighted by molar-refractivity contribution is 7.90. The molecule has 0 bridgehead atoms. The van der Waals surface area contributed by atoms with Gasteiger partial charge in [-0.1, -0.05) is 6.92 Å². The molecule has 6 heteroatoms. The molecule has 0 radical (unpaired) electrons. The lowest BCUT2D eigenvalue weighted by molar-refractivity contribution is 0.395. The second kappa shape index (κ2) is 7.45. The third-order valence-corrected chi connectivity index (χ3v) is 3.81. The predicted molar refractivity (Wildman–Crippen MR) is 76.2 cm³/mol. The topological polar surface area (TPSA) is 68.3 Å². The number of ether oxygens (including phenoxy) is 1. The molecule has 1 N–H and O–H groups in total. The highest BCUT2D eigenvalue weighted by Gasteiger charge is 2.17. The molecule has 0 amide bonds. The Morgan fingerprint density at radius 1 is 1.47 bits per heavy atom. The van der Waals surface area contributed by atoms with Gasteiger partial charge in [-0.2, -0.15) is 0 Å². The molecule has 0 aliphatic heterocycles. The molecule has 1 heterocycles. The number of sulfone groups is 1. The molecule has 0 spiro atoms. The maximum atomic E-state index is 11.3. The van der Waals surface area contributed by atoms with E-state index in [1.54, 1.807) is 19.5 Å². The van der Waals surface area contributed by atoms with Crippen molar-refractivity contribution in [3.63, 3.8) is 0 Å². The number of nitrogens with zero attached hydrogens (tertiary/aromatic N) is 1. The standard InChI is InChI=1S/C13H22N2O3S/c1-4-7-15-12(6-9-19(3,16)17)11-5-8-14-10-13(11)18-2/h5,8,10,12,15H,4,6-7,9H2,1-3H3. The summed E-state index contributed by atoms with van der Waals surface area (Å²) in [6.45, 7) is 2.91. The summed E-state index contributed by atoms with van der Waals surface area (Å²) in [5.41, 5.74) is 0.953. The average molecular weight is 286 g/mol. The van der Waals surface area contributed by atoms with Crippen LogP contribution in [0.15, 0.2) is 18.5 Å². The third-order valence-electron chi connectivity index (χ3n) is 2.83. The molecule has 0 aliphatic rings. The fourth-order valence-corrected chi connectivity index (χ4v) is 2.53. The van der Waals surface area contributed by atoms with Crippen LogP contribution in [0, 0.1) is 0 Å². The molecule has 0 aliphatic carbocycles. The van der Waals surface area contributed by atoms with Gasteiger partial charge in [0.1, 0.15) is 15.6 Å². The van der Waals surface area contributed by atoms with Crippen LogP contribution >= 0.6 is 0 Å². The zero-order valence-electron chi connectivity index (χ0n) is 11.7. The Labute approximate surface area is 115 Å². The summed E-state index contributed by atoms with van der Waals surface area (Å²) in [4.78, 5) is 4.02. The van der Waals surface area contributed by atoms with Gasteiger partial charge in [-0.05, 0) is 25.5 Å². The van der Waals surface area contributed by atoms with Gasteiger partial charge >= 0.3 is 0 Å². The van der Waals surface area contributed by atoms with Crippen LogP contribution in [-0.4, -0.2) is 39.1 Å². The van der Waals surface area contributed by atoms with Crippen LogP contribution in [0.25, 0.3) is 0 Å². The van der Waals surface area contributed by atoms with Crippen LogP contribution in [0.3, 0.4) is 0 Å². The number of hydrogen-bond acceptors (Lipinski definition) is 5. The molecule has 0 aromatic carbocycles. The Kier molecular flexibility index (Phi) is 6.24. The number of hydrogen-bond donors (Lipinski definition) is 1. The van der Waals surface area contributed by atoms with E-state index >= 15 is 0 Å². The van der Waals surface area contributed by atoms with E-state index in [2.05, 4.69) is 17.2 Å². The highest BCUT2D eigenvalue weighted by atomic mass is 32.2. The van der Waals surface area contributed by atoms with Gasteiger partial charge in [0.05, 0.1) is 19.1 Å². The van der Waals surface area contributed by atoms with E-state index in [0.29, 0.717) is 12.2 Å². The number of nitrogens with one attached hydrogen (secondary N) is 1. The van der Waals surface area contributed by atoms with Gasteiger partial charge in [-0.15, -0.1) is 0 Å². The fraction of sp³-hybridized carbons (Fsp3) is 0.615. The first-order chi connectivity index (χ1) is 8.98. The summed E-state index contributed by atoms with van der Waals surface area (Å²) in [6.07, 6.45) is 6.12. The van der Waals surface area contributed by atoms with Crippen molar-refractivity contribution in [1.82, 2.24) is 10.3 Å². The quantitative estimate of drug-likeness (QED) is 0.785. The molecule has 1 aromatic rings. The van der Waals surface area contributed by atoms with Crippen LogP contribution in [-0.2, 0) is 9.84 Å². The maximum absolute atomic E-state index is 11.3. The highest BCUT2D eigenvalue weighted by Crippen LogP contribution is 2.26. The monoisotopic (exact) mass is 286 g/mol. The van der Waals surface area contributed by atoms with Crippen molar-refractivity contribution >= 4 is 9.84 Å². The van der Waals surface area contributed by atoms with E-state index in [9.17, 15) is 8.42 Å². The largest absolute Gasteiger partial charge is 0.495 e. The van der Waals surface area contributed by atoms with E-state index in [1.807, 2.05) is 6.07 Å². The van der Waals surface area contributed by atoms with Gasteiger partial charge < -0.3 is 10.1 Å². The Morgan fingerprint density at radius 2 is 2.21 bits per heavy atom. The Balaban J connectivity index is 2.88. The lowest BCUT2D eigenvalue weighted by Crippen LogP contribution is -2.25. The number of methoxy groups -OCH3 is 1. The van der Waals surface area contributed by atoms with E-state index in [1.165, 1.54) is 6.26 Å². The van der Waals surface area contributed by atoms with Crippen LogP contribution in [0.4, 0.5) is 0 Å². The lowest BCUT2D eigenvalue weighted by atomic mass is 10.0. The zero-order chi connectivity index (χ0) is 14.3. The first-order valence-electron chi connectivity index (χ1n) is 6.37. The Hall–Kier alpha value is -1.14. The van der Waals surface area contributed by atoms with Crippen LogP contribution < -0.4 is 10.1 Å². The van der Waals surface area contributed by atoms with Crippen LogP contribution in [0.5, 0.6) is 5.75 Å². The third kappa shape index (κ3) is 5.57. The minimum atomic E-state index is -2.97. The average Bonchev–Trinajstić information content (AvgIpc) is 2.38. The SMILES string of the molecule is CCCNC(CCS(C)(=O)=O)c1ccncc1OC. The van der Waals surface area contributed by atoms with Crippen molar-refractivity contribution in [1.29, 1.82) is 0 Å². The zero-order valence-corrected chi connectivity index (χ0v) is 12.5. The first kappa shape index (κ1) is 15.9. The maximum Gasteiger partial charge on any atom is 0.147 e. The van der Waals surface area contributed by atoms with Crippen molar-refractivity contribution in [3.05, 3.63) is 24.0 Å². The summed E-state index contributed by atoms with van der Waals surface area (Å²) >= 11 is 0. The van der Waals surface area contributed by atoms with Gasteiger partial charge in [0.2, 0.25) is 0 Å². The van der Waals surface area contributed by atoms with Gasteiger partial charge in [0.25, 0.3) is 0 Å². The van der Waals surface area contributed by atoms with Crippen molar-refractivity contribution in [2.75, 3.05) is 25.7 Å². The van der Waals surface area contributed by atoms with E-state index in [0.717, 1.165) is 18.5 Å². The number of rotatable bonds is 8. The Morgan fingerprint density at radius 3 is 2.79 bits per heavy atom. The summed E-state index contributed by atoms with van der Waals surface area (Å²) in [7, 11) is -1.38. The molecule has 0 saturated carbocycles. The van der Waals surface area contributed by atoms with Crippen molar-refractivity contribution < 1.29 is 13.2 Å². The summed E-state index contributed by atoms with van der Waals surface area (Å²) in [5, 5.41) is 3.36. The van der Waals surface area contributed by atoms with Gasteiger partial charge in [0.15, 0.2) is 0 Å². The van der Waals surface area contributed by atoms with E-state index < -0.39 is 9.84 Å². The molecule has 5 nitrogen and oxygen atoms in total. The first-order valence-corrected chi connectivity index (χ1v) is 8.43. The number of aromatic nitrogens is 1. The predicted octanol–water partition coefficient (Wildman–Crippen LogP) is 1.57. The second-order valence-corrected chi connectivity index (χ2v) is 6.80. The molecule has 19 heavy (non-hydrogen) atoms. The van der Waals surface area contributed by atoms with Gasteiger partial charge in [-0.25, -0.2) is 8.42 Å². The molecule has 1 atom stereocenters. The van der Waals surface area contributed by atoms with Gasteiger partial charge in [0, 0.05) is 24.1 Å². The molecular formula is C13H22N2O3S. The molecular weight excluding hydrogens is 264 g/mol. The molecule has 1 unspecified atom stereocenters.